The molecule has 0 aliphatic heterocycles. The Bertz CT molecular complexity index is 609. The van der Waals surface area contributed by atoms with Crippen LogP contribution in [0.25, 0.3) is 0 Å². The second kappa shape index (κ2) is 6.12. The molecule has 0 bridgehead atoms. The van der Waals surface area contributed by atoms with E-state index in [0.29, 0.717) is 13.0 Å². The number of benzene rings is 1. The van der Waals surface area contributed by atoms with E-state index < -0.39 is 0 Å². The Morgan fingerprint density at radius 2 is 1.90 bits per heavy atom. The average Bonchev–Trinajstić information content (AvgIpc) is 2.83. The number of amides is 1. The minimum Gasteiger partial charge on any atom is -0.311 e. The monoisotopic (exact) mass is 285 g/mol. The van der Waals surface area contributed by atoms with Crippen molar-refractivity contribution in [3.8, 4) is 0 Å². The molecule has 1 N–H and O–H groups in total. The lowest BCUT2D eigenvalue weighted by molar-refractivity contribution is -0.115. The Morgan fingerprint density at radius 1 is 1.24 bits per heavy atom. The third-order valence-electron chi connectivity index (χ3n) is 3.31. The van der Waals surface area contributed by atoms with Gasteiger partial charge in [0.1, 0.15) is 5.82 Å². The first-order valence-electron chi connectivity index (χ1n) is 7.32. The van der Waals surface area contributed by atoms with Crippen LogP contribution in [-0.2, 0) is 16.8 Å². The molecule has 0 saturated heterocycles. The first-order valence-corrected chi connectivity index (χ1v) is 7.32. The van der Waals surface area contributed by atoms with E-state index in [2.05, 4.69) is 43.3 Å². The van der Waals surface area contributed by atoms with Gasteiger partial charge in [0.15, 0.2) is 0 Å². The van der Waals surface area contributed by atoms with Gasteiger partial charge in [0.05, 0.1) is 12.2 Å². The van der Waals surface area contributed by atoms with Crippen LogP contribution in [0, 0.1) is 0 Å². The molecule has 0 saturated carbocycles. The normalized spacial score (nSPS) is 11.4. The summed E-state index contributed by atoms with van der Waals surface area (Å²) in [5.74, 6) is 0.764. The minimum absolute atomic E-state index is 0.00432. The smallest absolute Gasteiger partial charge is 0.225 e. The van der Waals surface area contributed by atoms with Gasteiger partial charge in [-0.2, -0.15) is 5.10 Å². The summed E-state index contributed by atoms with van der Waals surface area (Å²) in [6.45, 7) is 8.85. The molecule has 1 aromatic heterocycles. The minimum atomic E-state index is -0.0480. The van der Waals surface area contributed by atoms with E-state index in [1.54, 1.807) is 0 Å². The van der Waals surface area contributed by atoms with Crippen LogP contribution in [-0.4, -0.2) is 15.7 Å². The number of anilines is 1. The molecule has 2 rings (SSSR count). The number of carbonyl (C=O) groups excluding carboxylic acids is 1. The molecular weight excluding hydrogens is 262 g/mol. The molecule has 0 unspecified atom stereocenters. The predicted octanol–water partition coefficient (Wildman–Crippen LogP) is 3.58. The highest BCUT2D eigenvalue weighted by molar-refractivity contribution is 5.89. The summed E-state index contributed by atoms with van der Waals surface area (Å²) in [7, 11) is 0. The van der Waals surface area contributed by atoms with Gasteiger partial charge in [-0.05, 0) is 5.56 Å². The summed E-state index contributed by atoms with van der Waals surface area (Å²) in [4.78, 5) is 11.7. The van der Waals surface area contributed by atoms with Crippen LogP contribution < -0.4 is 5.32 Å². The van der Waals surface area contributed by atoms with Crippen LogP contribution in [0.3, 0.4) is 0 Å². The Kier molecular flexibility index (Phi) is 4.46. The Hall–Kier alpha value is -2.10. The molecule has 0 aliphatic carbocycles. The molecule has 0 spiro atoms. The number of nitrogens with zero attached hydrogens (tertiary/aromatic N) is 2. The lowest BCUT2D eigenvalue weighted by atomic mass is 9.92. The zero-order valence-corrected chi connectivity index (χ0v) is 13.2. The Labute approximate surface area is 126 Å². The summed E-state index contributed by atoms with van der Waals surface area (Å²) in [6, 6.07) is 12.1. The van der Waals surface area contributed by atoms with E-state index in [4.69, 9.17) is 0 Å². The molecule has 4 nitrogen and oxygen atoms in total. The van der Waals surface area contributed by atoms with Gasteiger partial charge in [-0.15, -0.1) is 0 Å². The molecular formula is C17H23N3O. The fourth-order valence-electron chi connectivity index (χ4n) is 1.99. The van der Waals surface area contributed by atoms with Crippen molar-refractivity contribution in [2.75, 3.05) is 5.32 Å². The number of carbonyl (C=O) groups is 1. The fraction of sp³-hybridized carbons (Fsp3) is 0.412. The quantitative estimate of drug-likeness (QED) is 0.933. The number of nitrogens with one attached hydrogen (secondary N) is 1. The third-order valence-corrected chi connectivity index (χ3v) is 3.31. The summed E-state index contributed by atoms with van der Waals surface area (Å²) < 4.78 is 1.86. The molecule has 112 valence electrons. The van der Waals surface area contributed by atoms with Crippen molar-refractivity contribution >= 4 is 11.7 Å². The number of rotatable bonds is 4. The molecule has 2 aromatic rings. The summed E-state index contributed by atoms with van der Waals surface area (Å²) in [6.07, 6.45) is 0.460. The Balaban J connectivity index is 2.33. The van der Waals surface area contributed by atoms with Gasteiger partial charge in [0, 0.05) is 17.9 Å². The van der Waals surface area contributed by atoms with Crippen molar-refractivity contribution in [2.45, 2.75) is 46.1 Å². The van der Waals surface area contributed by atoms with Crippen molar-refractivity contribution in [2.24, 2.45) is 0 Å². The molecule has 0 radical (unpaired) electrons. The zero-order chi connectivity index (χ0) is 15.5. The number of aromatic nitrogens is 2. The lowest BCUT2D eigenvalue weighted by Crippen LogP contribution is -2.15. The molecule has 0 aliphatic rings. The van der Waals surface area contributed by atoms with Gasteiger partial charge in [0.25, 0.3) is 0 Å². The van der Waals surface area contributed by atoms with E-state index >= 15 is 0 Å². The largest absolute Gasteiger partial charge is 0.311 e. The van der Waals surface area contributed by atoms with Crippen LogP contribution in [0.1, 0.15) is 45.4 Å². The summed E-state index contributed by atoms with van der Waals surface area (Å²) >= 11 is 0. The van der Waals surface area contributed by atoms with Gasteiger partial charge < -0.3 is 5.32 Å². The van der Waals surface area contributed by atoms with Crippen LogP contribution in [0.4, 0.5) is 5.82 Å². The van der Waals surface area contributed by atoms with Crippen molar-refractivity contribution in [3.63, 3.8) is 0 Å². The topological polar surface area (TPSA) is 46.9 Å². The van der Waals surface area contributed by atoms with Gasteiger partial charge in [-0.1, -0.05) is 58.0 Å². The van der Waals surface area contributed by atoms with Gasteiger partial charge in [-0.3, -0.25) is 4.79 Å². The molecule has 1 aromatic carbocycles. The number of hydrogen-bond donors (Lipinski definition) is 1. The second-order valence-corrected chi connectivity index (χ2v) is 6.21. The average molecular weight is 285 g/mol. The summed E-state index contributed by atoms with van der Waals surface area (Å²) in [5, 5.41) is 7.60. The Morgan fingerprint density at radius 3 is 2.48 bits per heavy atom. The van der Waals surface area contributed by atoms with Crippen LogP contribution in [0.15, 0.2) is 36.4 Å². The van der Waals surface area contributed by atoms with Crippen molar-refractivity contribution in [3.05, 3.63) is 47.7 Å². The molecule has 0 fully saturated rings. The predicted molar refractivity (Wildman–Crippen MR) is 85.4 cm³/mol. The van der Waals surface area contributed by atoms with Crippen LogP contribution >= 0.6 is 0 Å². The van der Waals surface area contributed by atoms with Crippen LogP contribution in [0.2, 0.25) is 0 Å². The first kappa shape index (κ1) is 15.3. The zero-order valence-electron chi connectivity index (χ0n) is 13.2. The molecule has 4 heteroatoms. The lowest BCUT2D eigenvalue weighted by Gasteiger charge is -2.14. The van der Waals surface area contributed by atoms with E-state index in [1.807, 2.05) is 35.9 Å². The maximum atomic E-state index is 11.7. The molecule has 0 atom stereocenters. The van der Waals surface area contributed by atoms with Gasteiger partial charge >= 0.3 is 0 Å². The fourth-order valence-corrected chi connectivity index (χ4v) is 1.99. The highest BCUT2D eigenvalue weighted by Crippen LogP contribution is 2.24. The van der Waals surface area contributed by atoms with E-state index in [9.17, 15) is 4.79 Å². The molecule has 1 heterocycles. The molecule has 1 amide bonds. The molecule has 21 heavy (non-hydrogen) atoms. The maximum absolute atomic E-state index is 11.7. The van der Waals surface area contributed by atoms with E-state index in [0.717, 1.165) is 17.1 Å². The third kappa shape index (κ3) is 3.94. The number of hydrogen-bond acceptors (Lipinski definition) is 2. The van der Waals surface area contributed by atoms with Crippen LogP contribution in [0.5, 0.6) is 0 Å². The first-order chi connectivity index (χ1) is 9.90. The SMILES string of the molecule is CCC(=O)Nc1cc(C(C)(C)C)nn1Cc1ccccc1. The van der Waals surface area contributed by atoms with E-state index in [1.165, 1.54) is 0 Å². The van der Waals surface area contributed by atoms with E-state index in [-0.39, 0.29) is 11.3 Å². The van der Waals surface area contributed by atoms with Crippen molar-refractivity contribution in [1.29, 1.82) is 0 Å². The highest BCUT2D eigenvalue weighted by Gasteiger charge is 2.20. The summed E-state index contributed by atoms with van der Waals surface area (Å²) in [5.41, 5.74) is 2.09. The van der Waals surface area contributed by atoms with Crippen molar-refractivity contribution in [1.82, 2.24) is 9.78 Å². The second-order valence-electron chi connectivity index (χ2n) is 6.21. The maximum Gasteiger partial charge on any atom is 0.225 e. The standard InChI is InChI=1S/C17H23N3O/c1-5-16(21)18-15-11-14(17(2,3)4)19-20(15)12-13-9-7-6-8-10-13/h6-11H,5,12H2,1-4H3,(H,18,21). The van der Waals surface area contributed by atoms with Gasteiger partial charge in [0.2, 0.25) is 5.91 Å². The highest BCUT2D eigenvalue weighted by atomic mass is 16.1. The van der Waals surface area contributed by atoms with Crippen molar-refractivity contribution < 1.29 is 4.79 Å². The van der Waals surface area contributed by atoms with Gasteiger partial charge in [-0.25, -0.2) is 4.68 Å².